The number of hydrogen-bond donors (Lipinski definition) is 1. The third-order valence-corrected chi connectivity index (χ3v) is 5.08. The van der Waals surface area contributed by atoms with Crippen LogP contribution in [0.25, 0.3) is 11.1 Å². The van der Waals surface area contributed by atoms with Crippen molar-refractivity contribution in [1.82, 2.24) is 9.88 Å². The van der Waals surface area contributed by atoms with E-state index in [0.717, 1.165) is 48.8 Å². The molecule has 5 heteroatoms. The highest BCUT2D eigenvalue weighted by Crippen LogP contribution is 2.34. The Kier molecular flexibility index (Phi) is 5.51. The summed E-state index contributed by atoms with van der Waals surface area (Å²) in [5.41, 5.74) is 3.63. The summed E-state index contributed by atoms with van der Waals surface area (Å²) in [6, 6.07) is 10.4. The van der Waals surface area contributed by atoms with E-state index in [1.165, 1.54) is 5.56 Å². The Morgan fingerprint density at radius 2 is 1.74 bits per heavy atom. The van der Waals surface area contributed by atoms with E-state index >= 15 is 0 Å². The number of nitrogens with one attached hydrogen (secondary N) is 1. The van der Waals surface area contributed by atoms with E-state index < -0.39 is 5.41 Å². The first kappa shape index (κ1) is 19.4. The van der Waals surface area contributed by atoms with E-state index in [1.807, 2.05) is 32.9 Å². The van der Waals surface area contributed by atoms with Crippen LogP contribution in [-0.4, -0.2) is 49.0 Å². The molecule has 1 aliphatic heterocycles. The standard InChI is InChI=1S/C22H30N4O/c1-16-8-6-7-9-17(16)18-14-20(26-12-10-25(5)11-13-26)23-15-19(18)24-21(27)22(2,3)4/h6-9,14-15H,10-13H2,1-5H3,(H,24,27). The van der Waals surface area contributed by atoms with Crippen LogP contribution in [0.2, 0.25) is 0 Å². The highest BCUT2D eigenvalue weighted by Gasteiger charge is 2.24. The minimum Gasteiger partial charge on any atom is -0.354 e. The molecule has 1 fully saturated rings. The average molecular weight is 367 g/mol. The van der Waals surface area contributed by atoms with E-state index in [1.54, 1.807) is 6.20 Å². The first-order valence-corrected chi connectivity index (χ1v) is 9.57. The molecule has 144 valence electrons. The second-order valence-corrected chi connectivity index (χ2v) is 8.40. The van der Waals surface area contributed by atoms with Crippen LogP contribution in [0, 0.1) is 12.3 Å². The topological polar surface area (TPSA) is 48.5 Å². The molecule has 1 N–H and O–H groups in total. The monoisotopic (exact) mass is 366 g/mol. The molecule has 2 heterocycles. The van der Waals surface area contributed by atoms with E-state index in [2.05, 4.69) is 52.3 Å². The molecule has 3 rings (SSSR count). The molecular formula is C22H30N4O. The van der Waals surface area contributed by atoms with Crippen LogP contribution < -0.4 is 10.2 Å². The van der Waals surface area contributed by atoms with Crippen LogP contribution in [0.4, 0.5) is 11.5 Å². The number of likely N-dealkylation sites (N-methyl/N-ethyl adjacent to an activating group) is 1. The molecule has 1 amide bonds. The molecule has 5 nitrogen and oxygen atoms in total. The summed E-state index contributed by atoms with van der Waals surface area (Å²) in [6.07, 6.45) is 1.80. The van der Waals surface area contributed by atoms with Gasteiger partial charge in [0.25, 0.3) is 0 Å². The number of pyridine rings is 1. The van der Waals surface area contributed by atoms with Crippen molar-refractivity contribution >= 4 is 17.4 Å². The van der Waals surface area contributed by atoms with Crippen molar-refractivity contribution in [3.05, 3.63) is 42.1 Å². The lowest BCUT2D eigenvalue weighted by atomic mass is 9.94. The third kappa shape index (κ3) is 4.48. The lowest BCUT2D eigenvalue weighted by molar-refractivity contribution is -0.123. The van der Waals surface area contributed by atoms with Gasteiger partial charge in [0.2, 0.25) is 5.91 Å². The number of hydrogen-bond acceptors (Lipinski definition) is 4. The maximum absolute atomic E-state index is 12.6. The molecule has 0 aliphatic carbocycles. The second kappa shape index (κ2) is 7.69. The summed E-state index contributed by atoms with van der Waals surface area (Å²) >= 11 is 0. The van der Waals surface area contributed by atoms with E-state index in [4.69, 9.17) is 0 Å². The number of amides is 1. The van der Waals surface area contributed by atoms with Gasteiger partial charge in [0.05, 0.1) is 11.9 Å². The minimum atomic E-state index is -0.459. The van der Waals surface area contributed by atoms with Crippen molar-refractivity contribution in [2.24, 2.45) is 5.41 Å². The molecule has 27 heavy (non-hydrogen) atoms. The first-order chi connectivity index (χ1) is 12.8. The maximum Gasteiger partial charge on any atom is 0.229 e. The van der Waals surface area contributed by atoms with Gasteiger partial charge in [0.15, 0.2) is 0 Å². The SMILES string of the molecule is Cc1ccccc1-c1cc(N2CCN(C)CC2)ncc1NC(=O)C(C)(C)C. The zero-order valence-electron chi connectivity index (χ0n) is 17.0. The zero-order valence-corrected chi connectivity index (χ0v) is 17.0. The van der Waals surface area contributed by atoms with Crippen LogP contribution in [0.15, 0.2) is 36.5 Å². The number of aromatic nitrogens is 1. The third-order valence-electron chi connectivity index (χ3n) is 5.08. The number of rotatable bonds is 3. The lowest BCUT2D eigenvalue weighted by Gasteiger charge is -2.33. The zero-order chi connectivity index (χ0) is 19.6. The normalized spacial score (nSPS) is 15.7. The predicted octanol–water partition coefficient (Wildman–Crippen LogP) is 3.79. The van der Waals surface area contributed by atoms with Gasteiger partial charge in [-0.3, -0.25) is 4.79 Å². The number of anilines is 2. The Labute approximate surface area is 162 Å². The van der Waals surface area contributed by atoms with E-state index in [9.17, 15) is 4.79 Å². The van der Waals surface area contributed by atoms with Gasteiger partial charge >= 0.3 is 0 Å². The summed E-state index contributed by atoms with van der Waals surface area (Å²) in [5.74, 6) is 0.960. The van der Waals surface area contributed by atoms with Crippen molar-refractivity contribution in [2.75, 3.05) is 43.4 Å². The van der Waals surface area contributed by atoms with Crippen LogP contribution in [-0.2, 0) is 4.79 Å². The Balaban J connectivity index is 2.00. The van der Waals surface area contributed by atoms with Crippen molar-refractivity contribution in [1.29, 1.82) is 0 Å². The molecular weight excluding hydrogens is 336 g/mol. The van der Waals surface area contributed by atoms with Crippen LogP contribution >= 0.6 is 0 Å². The van der Waals surface area contributed by atoms with Gasteiger partial charge in [-0.05, 0) is 31.2 Å². The maximum atomic E-state index is 12.6. The van der Waals surface area contributed by atoms with Crippen molar-refractivity contribution in [3.63, 3.8) is 0 Å². The quantitative estimate of drug-likeness (QED) is 0.898. The summed E-state index contributed by atoms with van der Waals surface area (Å²) in [5, 5.41) is 3.09. The summed E-state index contributed by atoms with van der Waals surface area (Å²) in [4.78, 5) is 21.9. The molecule has 1 aromatic heterocycles. The Morgan fingerprint density at radius 1 is 1.07 bits per heavy atom. The molecule has 0 atom stereocenters. The summed E-state index contributed by atoms with van der Waals surface area (Å²) in [6.45, 7) is 11.8. The predicted molar refractivity (Wildman–Crippen MR) is 112 cm³/mol. The summed E-state index contributed by atoms with van der Waals surface area (Å²) in [7, 11) is 2.15. The van der Waals surface area contributed by atoms with Gasteiger partial charge < -0.3 is 15.1 Å². The van der Waals surface area contributed by atoms with Gasteiger partial charge in [-0.15, -0.1) is 0 Å². The number of piperazine rings is 1. The van der Waals surface area contributed by atoms with E-state index in [0.29, 0.717) is 0 Å². The van der Waals surface area contributed by atoms with Crippen molar-refractivity contribution in [2.45, 2.75) is 27.7 Å². The molecule has 0 radical (unpaired) electrons. The molecule has 0 spiro atoms. The number of carbonyl (C=O) groups is 1. The molecule has 2 aromatic rings. The van der Waals surface area contributed by atoms with Crippen molar-refractivity contribution < 1.29 is 4.79 Å². The lowest BCUT2D eigenvalue weighted by Crippen LogP contribution is -2.44. The highest BCUT2D eigenvalue weighted by molar-refractivity contribution is 5.98. The molecule has 1 aliphatic rings. The largest absolute Gasteiger partial charge is 0.354 e. The van der Waals surface area contributed by atoms with Gasteiger partial charge in [0, 0.05) is 37.2 Å². The highest BCUT2D eigenvalue weighted by atomic mass is 16.2. The Hall–Kier alpha value is -2.40. The van der Waals surface area contributed by atoms with Crippen molar-refractivity contribution in [3.8, 4) is 11.1 Å². The van der Waals surface area contributed by atoms with Crippen LogP contribution in [0.1, 0.15) is 26.3 Å². The van der Waals surface area contributed by atoms with Crippen LogP contribution in [0.5, 0.6) is 0 Å². The second-order valence-electron chi connectivity index (χ2n) is 8.40. The number of carbonyl (C=O) groups excluding carboxylic acids is 1. The Bertz CT molecular complexity index is 817. The molecule has 0 unspecified atom stereocenters. The van der Waals surface area contributed by atoms with E-state index in [-0.39, 0.29) is 5.91 Å². The molecule has 0 bridgehead atoms. The molecule has 1 aromatic carbocycles. The Morgan fingerprint density at radius 3 is 2.37 bits per heavy atom. The molecule has 0 saturated carbocycles. The summed E-state index contributed by atoms with van der Waals surface area (Å²) < 4.78 is 0. The van der Waals surface area contributed by atoms with Crippen LogP contribution in [0.3, 0.4) is 0 Å². The fourth-order valence-electron chi connectivity index (χ4n) is 3.16. The van der Waals surface area contributed by atoms with Gasteiger partial charge in [-0.25, -0.2) is 4.98 Å². The fourth-order valence-corrected chi connectivity index (χ4v) is 3.16. The van der Waals surface area contributed by atoms with Gasteiger partial charge in [-0.2, -0.15) is 0 Å². The van der Waals surface area contributed by atoms with Gasteiger partial charge in [0.1, 0.15) is 5.82 Å². The smallest absolute Gasteiger partial charge is 0.229 e. The first-order valence-electron chi connectivity index (χ1n) is 9.57. The fraction of sp³-hybridized carbons (Fsp3) is 0.455. The average Bonchev–Trinajstić information content (AvgIpc) is 2.62. The van der Waals surface area contributed by atoms with Gasteiger partial charge in [-0.1, -0.05) is 45.0 Å². The number of benzene rings is 1. The number of nitrogens with zero attached hydrogens (tertiary/aromatic N) is 3. The number of aryl methyl sites for hydroxylation is 1. The molecule has 1 saturated heterocycles. The minimum absolute atomic E-state index is 0.00789.